The maximum Gasteiger partial charge on any atom is 0.246 e. The van der Waals surface area contributed by atoms with Gasteiger partial charge in [-0.15, -0.1) is 11.8 Å². The van der Waals surface area contributed by atoms with Crippen molar-refractivity contribution in [1.29, 1.82) is 0 Å². The largest absolute Gasteiger partial charge is 0.337 e. The number of nitrogens with one attached hydrogen (secondary N) is 1. The molecule has 1 aliphatic heterocycles. The Morgan fingerprint density at radius 1 is 1.39 bits per heavy atom. The summed E-state index contributed by atoms with van der Waals surface area (Å²) in [5.74, 6) is 2.36. The first-order chi connectivity index (χ1) is 8.39. The first kappa shape index (κ1) is 13.9. The standard InChI is InChI=1S/C13H23N3OS/c1-12(2,3)18-9-10-15-11(17-16-10)13(4)7-5-6-8-14-13/h14H,5-9H2,1-4H3. The molecule has 0 bridgehead atoms. The number of thioether (sulfide) groups is 1. The molecule has 0 amide bonds. The Labute approximate surface area is 113 Å². The van der Waals surface area contributed by atoms with Crippen molar-refractivity contribution in [2.24, 2.45) is 0 Å². The van der Waals surface area contributed by atoms with Crippen LogP contribution in [0, 0.1) is 0 Å². The van der Waals surface area contributed by atoms with E-state index in [1.165, 1.54) is 12.8 Å². The molecule has 1 aromatic heterocycles. The zero-order chi connectivity index (χ0) is 13.2. The fourth-order valence-corrected chi connectivity index (χ4v) is 2.74. The van der Waals surface area contributed by atoms with Crippen molar-refractivity contribution in [3.8, 4) is 0 Å². The Hall–Kier alpha value is -0.550. The van der Waals surface area contributed by atoms with Crippen molar-refractivity contribution in [2.75, 3.05) is 6.54 Å². The summed E-state index contributed by atoms with van der Waals surface area (Å²) >= 11 is 1.84. The van der Waals surface area contributed by atoms with Gasteiger partial charge in [-0.05, 0) is 32.7 Å². The van der Waals surface area contributed by atoms with Gasteiger partial charge in [0.2, 0.25) is 5.89 Å². The number of hydrogen-bond acceptors (Lipinski definition) is 5. The van der Waals surface area contributed by atoms with Gasteiger partial charge < -0.3 is 9.84 Å². The van der Waals surface area contributed by atoms with Gasteiger partial charge in [0.25, 0.3) is 0 Å². The Bertz CT molecular complexity index is 391. The normalized spacial score (nSPS) is 25.3. The van der Waals surface area contributed by atoms with Crippen LogP contribution in [0.15, 0.2) is 4.52 Å². The molecule has 1 saturated heterocycles. The molecule has 1 N–H and O–H groups in total. The van der Waals surface area contributed by atoms with Crippen LogP contribution in [0.25, 0.3) is 0 Å². The first-order valence-corrected chi connectivity index (χ1v) is 7.60. The monoisotopic (exact) mass is 269 g/mol. The van der Waals surface area contributed by atoms with Gasteiger partial charge in [0, 0.05) is 4.75 Å². The smallest absolute Gasteiger partial charge is 0.246 e. The highest BCUT2D eigenvalue weighted by Gasteiger charge is 2.34. The van der Waals surface area contributed by atoms with E-state index < -0.39 is 0 Å². The third kappa shape index (κ3) is 3.48. The van der Waals surface area contributed by atoms with Crippen LogP contribution in [-0.4, -0.2) is 21.4 Å². The SMILES string of the molecule is CC(C)(C)SCc1noc(C2(C)CCCCN2)n1. The summed E-state index contributed by atoms with van der Waals surface area (Å²) in [7, 11) is 0. The summed E-state index contributed by atoms with van der Waals surface area (Å²) in [6.45, 7) is 9.78. The van der Waals surface area contributed by atoms with Crippen molar-refractivity contribution in [1.82, 2.24) is 15.5 Å². The molecule has 2 rings (SSSR count). The van der Waals surface area contributed by atoms with E-state index in [4.69, 9.17) is 4.52 Å². The topological polar surface area (TPSA) is 51.0 Å². The van der Waals surface area contributed by atoms with Crippen LogP contribution in [0.1, 0.15) is 58.7 Å². The van der Waals surface area contributed by atoms with Crippen LogP contribution >= 0.6 is 11.8 Å². The van der Waals surface area contributed by atoms with Crippen LogP contribution in [0.5, 0.6) is 0 Å². The second-order valence-electron chi connectivity index (χ2n) is 6.13. The third-order valence-electron chi connectivity index (χ3n) is 3.19. The van der Waals surface area contributed by atoms with E-state index >= 15 is 0 Å². The fourth-order valence-electron chi connectivity index (χ4n) is 2.06. The fraction of sp³-hybridized carbons (Fsp3) is 0.846. The molecule has 18 heavy (non-hydrogen) atoms. The molecule has 1 atom stereocenters. The van der Waals surface area contributed by atoms with Gasteiger partial charge in [0.15, 0.2) is 5.82 Å². The molecule has 0 saturated carbocycles. The maximum atomic E-state index is 5.44. The van der Waals surface area contributed by atoms with Crippen molar-refractivity contribution < 1.29 is 4.52 Å². The van der Waals surface area contributed by atoms with Gasteiger partial charge >= 0.3 is 0 Å². The molecule has 2 heterocycles. The average Bonchev–Trinajstić information content (AvgIpc) is 2.76. The van der Waals surface area contributed by atoms with Crippen LogP contribution in [0.4, 0.5) is 0 Å². The third-order valence-corrected chi connectivity index (χ3v) is 4.46. The highest BCUT2D eigenvalue weighted by atomic mass is 32.2. The average molecular weight is 269 g/mol. The minimum atomic E-state index is -0.129. The van der Waals surface area contributed by atoms with Gasteiger partial charge in [-0.2, -0.15) is 4.98 Å². The molecule has 1 unspecified atom stereocenters. The molecule has 5 heteroatoms. The molecule has 0 radical (unpaired) electrons. The lowest BCUT2D eigenvalue weighted by atomic mass is 9.91. The molecule has 102 valence electrons. The first-order valence-electron chi connectivity index (χ1n) is 6.61. The van der Waals surface area contributed by atoms with E-state index in [-0.39, 0.29) is 10.3 Å². The van der Waals surface area contributed by atoms with E-state index in [9.17, 15) is 0 Å². The summed E-state index contributed by atoms with van der Waals surface area (Å²) in [6, 6.07) is 0. The maximum absolute atomic E-state index is 5.44. The highest BCUT2D eigenvalue weighted by molar-refractivity contribution is 7.99. The summed E-state index contributed by atoms with van der Waals surface area (Å²) in [6.07, 6.45) is 3.52. The van der Waals surface area contributed by atoms with Gasteiger partial charge in [0.05, 0.1) is 11.3 Å². The number of piperidine rings is 1. The minimum Gasteiger partial charge on any atom is -0.337 e. The molecular weight excluding hydrogens is 246 g/mol. The molecule has 1 fully saturated rings. The zero-order valence-electron chi connectivity index (χ0n) is 11.7. The lowest BCUT2D eigenvalue weighted by molar-refractivity contribution is 0.206. The molecule has 1 aromatic rings. The van der Waals surface area contributed by atoms with E-state index in [2.05, 4.69) is 43.2 Å². The highest BCUT2D eigenvalue weighted by Crippen LogP contribution is 2.30. The second kappa shape index (κ2) is 5.21. The molecule has 0 spiro atoms. The Kier molecular flexibility index (Phi) is 4.02. The van der Waals surface area contributed by atoms with Crippen LogP contribution in [0.3, 0.4) is 0 Å². The second-order valence-corrected chi connectivity index (χ2v) is 7.93. The quantitative estimate of drug-likeness (QED) is 0.914. The predicted octanol–water partition coefficient (Wildman–Crippen LogP) is 3.09. The van der Waals surface area contributed by atoms with Crippen LogP contribution < -0.4 is 5.32 Å². The Morgan fingerprint density at radius 3 is 2.78 bits per heavy atom. The molecule has 0 aromatic carbocycles. The minimum absolute atomic E-state index is 0.129. The lowest BCUT2D eigenvalue weighted by Gasteiger charge is -2.31. The van der Waals surface area contributed by atoms with Gasteiger partial charge in [-0.1, -0.05) is 25.9 Å². The van der Waals surface area contributed by atoms with Gasteiger partial charge in [-0.3, -0.25) is 0 Å². The molecular formula is C13H23N3OS. The van der Waals surface area contributed by atoms with Crippen molar-refractivity contribution in [3.63, 3.8) is 0 Å². The van der Waals surface area contributed by atoms with Crippen LogP contribution in [0.2, 0.25) is 0 Å². The number of rotatable bonds is 3. The van der Waals surface area contributed by atoms with E-state index in [0.717, 1.165) is 30.4 Å². The molecule has 4 nitrogen and oxygen atoms in total. The number of aromatic nitrogens is 2. The molecule has 1 aliphatic rings. The van der Waals surface area contributed by atoms with E-state index in [1.807, 2.05) is 11.8 Å². The number of nitrogens with zero attached hydrogens (tertiary/aromatic N) is 2. The van der Waals surface area contributed by atoms with E-state index in [0.29, 0.717) is 0 Å². The predicted molar refractivity (Wildman–Crippen MR) is 74.6 cm³/mol. The van der Waals surface area contributed by atoms with E-state index in [1.54, 1.807) is 0 Å². The van der Waals surface area contributed by atoms with Crippen molar-refractivity contribution in [2.45, 2.75) is 63.0 Å². The number of hydrogen-bond donors (Lipinski definition) is 1. The summed E-state index contributed by atoms with van der Waals surface area (Å²) < 4.78 is 5.67. The summed E-state index contributed by atoms with van der Waals surface area (Å²) in [5, 5.41) is 7.59. The lowest BCUT2D eigenvalue weighted by Crippen LogP contribution is -2.43. The van der Waals surface area contributed by atoms with Crippen LogP contribution in [-0.2, 0) is 11.3 Å². The summed E-state index contributed by atoms with van der Waals surface area (Å²) in [4.78, 5) is 4.55. The van der Waals surface area contributed by atoms with Crippen molar-refractivity contribution >= 4 is 11.8 Å². The zero-order valence-corrected chi connectivity index (χ0v) is 12.6. The van der Waals surface area contributed by atoms with Crippen molar-refractivity contribution in [3.05, 3.63) is 11.7 Å². The molecule has 0 aliphatic carbocycles. The van der Waals surface area contributed by atoms with Gasteiger partial charge in [-0.25, -0.2) is 0 Å². The Balaban J connectivity index is 2.01. The summed E-state index contributed by atoms with van der Waals surface area (Å²) in [5.41, 5.74) is -0.129. The Morgan fingerprint density at radius 2 is 2.17 bits per heavy atom. The van der Waals surface area contributed by atoms with Gasteiger partial charge in [0.1, 0.15) is 0 Å².